The van der Waals surface area contributed by atoms with Crippen LogP contribution in [0.4, 0.5) is 4.79 Å². The molecule has 25 heavy (non-hydrogen) atoms. The summed E-state index contributed by atoms with van der Waals surface area (Å²) < 4.78 is 21.0. The van der Waals surface area contributed by atoms with Crippen molar-refractivity contribution in [1.82, 2.24) is 5.32 Å². The predicted octanol–water partition coefficient (Wildman–Crippen LogP) is 2.75. The molecule has 0 bridgehead atoms. The Morgan fingerprint density at radius 2 is 1.60 bits per heavy atom. The molecule has 8 heteroatoms. The number of hydrogen-bond donors (Lipinski definition) is 2. The number of carbonyl (C=O) groups excluding carboxylic acids is 1. The van der Waals surface area contributed by atoms with Crippen LogP contribution < -0.4 is 19.5 Å². The zero-order valence-corrected chi connectivity index (χ0v) is 15.3. The maximum absolute atomic E-state index is 12.0. The lowest BCUT2D eigenvalue weighted by atomic mass is 10.0. The van der Waals surface area contributed by atoms with E-state index in [4.69, 9.17) is 24.1 Å². The molecular weight excluding hydrogens is 330 g/mol. The van der Waals surface area contributed by atoms with Gasteiger partial charge in [-0.05, 0) is 38.5 Å². The van der Waals surface area contributed by atoms with Gasteiger partial charge in [-0.1, -0.05) is 0 Å². The monoisotopic (exact) mass is 355 g/mol. The number of hydrogen-bond acceptors (Lipinski definition) is 6. The molecule has 2 N–H and O–H groups in total. The molecule has 1 rings (SSSR count). The summed E-state index contributed by atoms with van der Waals surface area (Å²) in [4.78, 5) is 23.2. The fourth-order valence-corrected chi connectivity index (χ4v) is 2.18. The number of methoxy groups -OCH3 is 3. The van der Waals surface area contributed by atoms with Gasteiger partial charge in [0.25, 0.3) is 0 Å². The van der Waals surface area contributed by atoms with Crippen LogP contribution in [-0.4, -0.2) is 44.1 Å². The normalized spacial score (nSPS) is 12.1. The Morgan fingerprint density at radius 3 is 1.96 bits per heavy atom. The Balaban J connectivity index is 3.22. The second kappa shape index (κ2) is 8.46. The molecule has 8 nitrogen and oxygen atoms in total. The van der Waals surface area contributed by atoms with E-state index in [0.717, 1.165) is 0 Å². The molecule has 0 aromatic heterocycles. The van der Waals surface area contributed by atoms with E-state index < -0.39 is 23.7 Å². The van der Waals surface area contributed by atoms with Crippen molar-refractivity contribution in [3.05, 3.63) is 17.7 Å². The number of amides is 1. The zero-order valence-electron chi connectivity index (χ0n) is 15.3. The van der Waals surface area contributed by atoms with Crippen molar-refractivity contribution in [2.24, 2.45) is 0 Å². The smallest absolute Gasteiger partial charge is 0.408 e. The van der Waals surface area contributed by atoms with Crippen LogP contribution in [0.25, 0.3) is 0 Å². The van der Waals surface area contributed by atoms with Crippen molar-refractivity contribution in [2.75, 3.05) is 21.3 Å². The first-order chi connectivity index (χ1) is 11.6. The topological polar surface area (TPSA) is 103 Å². The van der Waals surface area contributed by atoms with Gasteiger partial charge in [0.1, 0.15) is 5.60 Å². The number of benzene rings is 1. The molecule has 1 aromatic rings. The number of alkyl carbamates (subject to hydrolysis) is 1. The molecule has 0 saturated carbocycles. The van der Waals surface area contributed by atoms with Gasteiger partial charge in [0.2, 0.25) is 5.75 Å². The molecule has 0 saturated heterocycles. The van der Waals surface area contributed by atoms with E-state index in [0.29, 0.717) is 22.8 Å². The number of ether oxygens (including phenoxy) is 4. The van der Waals surface area contributed by atoms with Gasteiger partial charge >= 0.3 is 12.1 Å². The largest absolute Gasteiger partial charge is 0.493 e. The van der Waals surface area contributed by atoms with Crippen LogP contribution in [0.5, 0.6) is 17.2 Å². The quantitative estimate of drug-likeness (QED) is 0.775. The summed E-state index contributed by atoms with van der Waals surface area (Å²) in [5, 5.41) is 11.7. The Kier molecular flexibility index (Phi) is 6.90. The Morgan fingerprint density at radius 1 is 1.08 bits per heavy atom. The van der Waals surface area contributed by atoms with Gasteiger partial charge in [0.05, 0.1) is 33.8 Å². The highest BCUT2D eigenvalue weighted by Crippen LogP contribution is 2.40. The average Bonchev–Trinajstić information content (AvgIpc) is 2.50. The second-order valence-corrected chi connectivity index (χ2v) is 6.26. The standard InChI is InChI=1S/C17H25NO7/c1-17(2,3)25-16(21)18-11(9-14(19)20)10-7-12(22-4)15(24-6)13(8-10)23-5/h7-8,11H,9H2,1-6H3,(H,18,21)(H,19,20). The fourth-order valence-electron chi connectivity index (χ4n) is 2.18. The van der Waals surface area contributed by atoms with E-state index in [2.05, 4.69) is 5.32 Å². The minimum Gasteiger partial charge on any atom is -0.493 e. The van der Waals surface area contributed by atoms with Gasteiger partial charge in [-0.25, -0.2) is 4.79 Å². The van der Waals surface area contributed by atoms with Crippen molar-refractivity contribution in [2.45, 2.75) is 38.8 Å². The minimum atomic E-state index is -1.07. The lowest BCUT2D eigenvalue weighted by molar-refractivity contribution is -0.137. The molecule has 0 spiro atoms. The highest BCUT2D eigenvalue weighted by molar-refractivity contribution is 5.72. The van der Waals surface area contributed by atoms with Crippen molar-refractivity contribution in [3.63, 3.8) is 0 Å². The van der Waals surface area contributed by atoms with E-state index in [1.807, 2.05) is 0 Å². The van der Waals surface area contributed by atoms with Gasteiger partial charge in [-0.3, -0.25) is 4.79 Å². The highest BCUT2D eigenvalue weighted by atomic mass is 16.6. The fraction of sp³-hybridized carbons (Fsp3) is 0.529. The maximum atomic E-state index is 12.0. The highest BCUT2D eigenvalue weighted by Gasteiger charge is 2.25. The first kappa shape index (κ1) is 20.4. The Labute approximate surface area is 147 Å². The summed E-state index contributed by atoms with van der Waals surface area (Å²) in [5.41, 5.74) is -0.213. The van der Waals surface area contributed by atoms with Crippen molar-refractivity contribution < 1.29 is 33.6 Å². The Bertz CT molecular complexity index is 597. The molecule has 1 atom stereocenters. The third-order valence-corrected chi connectivity index (χ3v) is 3.16. The summed E-state index contributed by atoms with van der Waals surface area (Å²) in [6.45, 7) is 5.16. The van der Waals surface area contributed by atoms with Gasteiger partial charge < -0.3 is 29.4 Å². The molecule has 140 valence electrons. The molecule has 1 unspecified atom stereocenters. The van der Waals surface area contributed by atoms with Gasteiger partial charge in [-0.2, -0.15) is 0 Å². The van der Waals surface area contributed by atoms with E-state index in [1.54, 1.807) is 32.9 Å². The number of nitrogens with one attached hydrogen (secondary N) is 1. The molecule has 1 amide bonds. The van der Waals surface area contributed by atoms with E-state index in [-0.39, 0.29) is 6.42 Å². The molecule has 0 aliphatic heterocycles. The summed E-state index contributed by atoms with van der Waals surface area (Å²) >= 11 is 0. The molecule has 0 aliphatic carbocycles. The number of carboxylic acids is 1. The number of aliphatic carboxylic acids is 1. The summed E-state index contributed by atoms with van der Waals surface area (Å²) in [7, 11) is 4.37. The maximum Gasteiger partial charge on any atom is 0.408 e. The van der Waals surface area contributed by atoms with Crippen LogP contribution in [0.2, 0.25) is 0 Å². The second-order valence-electron chi connectivity index (χ2n) is 6.26. The molecule has 0 fully saturated rings. The van der Waals surface area contributed by atoms with E-state index in [9.17, 15) is 9.59 Å². The number of carboxylic acid groups (broad SMARTS) is 1. The summed E-state index contributed by atoms with van der Waals surface area (Å²) in [6.07, 6.45) is -1.05. The van der Waals surface area contributed by atoms with Gasteiger partial charge in [0, 0.05) is 0 Å². The number of rotatable bonds is 7. The first-order valence-corrected chi connectivity index (χ1v) is 7.62. The minimum absolute atomic E-state index is 0.335. The van der Waals surface area contributed by atoms with E-state index in [1.165, 1.54) is 21.3 Å². The number of carbonyl (C=O) groups is 2. The Hall–Kier alpha value is -2.64. The summed E-state index contributed by atoms with van der Waals surface area (Å²) in [6, 6.07) is 2.35. The third kappa shape index (κ3) is 6.06. The van der Waals surface area contributed by atoms with E-state index >= 15 is 0 Å². The molecule has 0 aliphatic rings. The average molecular weight is 355 g/mol. The van der Waals surface area contributed by atoms with Gasteiger partial charge in [-0.15, -0.1) is 0 Å². The van der Waals surface area contributed by atoms with Gasteiger partial charge in [0.15, 0.2) is 11.5 Å². The van der Waals surface area contributed by atoms with Crippen LogP contribution in [0.3, 0.4) is 0 Å². The van der Waals surface area contributed by atoms with Crippen LogP contribution in [0.1, 0.15) is 38.8 Å². The molecule has 1 aromatic carbocycles. The molecular formula is C17H25NO7. The first-order valence-electron chi connectivity index (χ1n) is 7.62. The van der Waals surface area contributed by atoms with Crippen LogP contribution in [0.15, 0.2) is 12.1 Å². The SMILES string of the molecule is COc1cc(C(CC(=O)O)NC(=O)OC(C)(C)C)cc(OC)c1OC. The summed E-state index contributed by atoms with van der Waals surface area (Å²) in [5.74, 6) is 0.0198. The molecule has 0 radical (unpaired) electrons. The van der Waals surface area contributed by atoms with Crippen LogP contribution >= 0.6 is 0 Å². The van der Waals surface area contributed by atoms with Crippen LogP contribution in [0, 0.1) is 0 Å². The van der Waals surface area contributed by atoms with Crippen molar-refractivity contribution in [1.29, 1.82) is 0 Å². The predicted molar refractivity (Wildman–Crippen MR) is 90.5 cm³/mol. The van der Waals surface area contributed by atoms with Crippen molar-refractivity contribution >= 4 is 12.1 Å². The lowest BCUT2D eigenvalue weighted by Crippen LogP contribution is -2.35. The molecule has 0 heterocycles. The van der Waals surface area contributed by atoms with Crippen molar-refractivity contribution in [3.8, 4) is 17.2 Å². The zero-order chi connectivity index (χ0) is 19.2. The van der Waals surface area contributed by atoms with Crippen LogP contribution in [-0.2, 0) is 9.53 Å². The lowest BCUT2D eigenvalue weighted by Gasteiger charge is -2.24. The third-order valence-electron chi connectivity index (χ3n) is 3.16.